The maximum Gasteiger partial charge on any atom is 0.407 e. The number of alkyl carbamates (subject to hydrolysis) is 1. The third-order valence-electron chi connectivity index (χ3n) is 4.92. The van der Waals surface area contributed by atoms with Crippen molar-refractivity contribution in [3.05, 3.63) is 46.9 Å². The van der Waals surface area contributed by atoms with Gasteiger partial charge in [-0.05, 0) is 46.1 Å². The van der Waals surface area contributed by atoms with Gasteiger partial charge in [-0.1, -0.05) is 24.3 Å². The molecule has 30 heavy (non-hydrogen) atoms. The maximum absolute atomic E-state index is 13.0. The Morgan fingerprint density at radius 2 is 1.80 bits per heavy atom. The Balaban J connectivity index is 1.71. The summed E-state index contributed by atoms with van der Waals surface area (Å²) in [5.41, 5.74) is 3.54. The van der Waals surface area contributed by atoms with Crippen LogP contribution < -0.4 is 5.32 Å². The second kappa shape index (κ2) is 8.24. The first-order chi connectivity index (χ1) is 13.9. The molecule has 0 bridgehead atoms. The molecule has 1 N–H and O–H groups in total. The summed E-state index contributed by atoms with van der Waals surface area (Å²) in [6.45, 7) is 7.48. The molecule has 0 fully saturated rings. The zero-order chi connectivity index (χ0) is 22.1. The van der Waals surface area contributed by atoms with Gasteiger partial charge >= 0.3 is 12.3 Å². The van der Waals surface area contributed by atoms with E-state index in [-0.39, 0.29) is 19.3 Å². The standard InChI is InChI=1S/C22H26F3N3O2/c1-13-19(28-17-10-9-16(22(23,24)25)11-18(17)27-13)15-7-5-14(6-8-15)12-26-20(29)30-21(2,3)4/h5-8,16H,9-12H2,1-4H3,(H,26,29). The Hall–Kier alpha value is -2.64. The second-order valence-electron chi connectivity index (χ2n) is 8.58. The van der Waals surface area contributed by atoms with Gasteiger partial charge in [0.1, 0.15) is 5.60 Å². The Morgan fingerprint density at radius 3 is 2.40 bits per heavy atom. The number of aryl methyl sites for hydroxylation is 2. The Labute approximate surface area is 174 Å². The predicted molar refractivity (Wildman–Crippen MR) is 107 cm³/mol. The van der Waals surface area contributed by atoms with Gasteiger partial charge in [-0.2, -0.15) is 13.2 Å². The minimum absolute atomic E-state index is 0.0446. The summed E-state index contributed by atoms with van der Waals surface area (Å²) < 4.78 is 44.3. The number of amides is 1. The fourth-order valence-corrected chi connectivity index (χ4v) is 3.43. The average Bonchev–Trinajstić information content (AvgIpc) is 2.64. The molecule has 3 rings (SSSR count). The fourth-order valence-electron chi connectivity index (χ4n) is 3.43. The monoisotopic (exact) mass is 421 g/mol. The summed E-state index contributed by atoms with van der Waals surface area (Å²) in [7, 11) is 0. The van der Waals surface area contributed by atoms with E-state index in [0.29, 0.717) is 29.3 Å². The number of alkyl halides is 3. The normalized spacial score (nSPS) is 16.7. The summed E-state index contributed by atoms with van der Waals surface area (Å²) in [4.78, 5) is 20.8. The van der Waals surface area contributed by atoms with Crippen molar-refractivity contribution < 1.29 is 22.7 Å². The first-order valence-electron chi connectivity index (χ1n) is 9.91. The highest BCUT2D eigenvalue weighted by Gasteiger charge is 2.42. The van der Waals surface area contributed by atoms with E-state index >= 15 is 0 Å². The van der Waals surface area contributed by atoms with E-state index in [1.54, 1.807) is 27.7 Å². The minimum atomic E-state index is -4.20. The summed E-state index contributed by atoms with van der Waals surface area (Å²) in [5, 5.41) is 2.70. The highest BCUT2D eigenvalue weighted by molar-refractivity contribution is 5.68. The van der Waals surface area contributed by atoms with Crippen molar-refractivity contribution in [2.45, 2.75) is 65.3 Å². The Morgan fingerprint density at radius 1 is 1.13 bits per heavy atom. The number of benzene rings is 1. The van der Waals surface area contributed by atoms with Crippen LogP contribution in [0.15, 0.2) is 24.3 Å². The number of halogens is 3. The van der Waals surface area contributed by atoms with Gasteiger partial charge < -0.3 is 10.1 Å². The molecule has 1 heterocycles. The van der Waals surface area contributed by atoms with Crippen molar-refractivity contribution in [1.29, 1.82) is 0 Å². The van der Waals surface area contributed by atoms with Crippen LogP contribution in [-0.4, -0.2) is 27.8 Å². The molecule has 1 aromatic heterocycles. The quantitative estimate of drug-likeness (QED) is 0.745. The summed E-state index contributed by atoms with van der Waals surface area (Å²) in [5.74, 6) is -1.35. The van der Waals surface area contributed by atoms with Crippen molar-refractivity contribution in [1.82, 2.24) is 15.3 Å². The number of carbonyl (C=O) groups excluding carboxylic acids is 1. The molecule has 162 valence electrons. The lowest BCUT2D eigenvalue weighted by molar-refractivity contribution is -0.177. The lowest BCUT2D eigenvalue weighted by atomic mass is 9.88. The molecule has 8 heteroatoms. The molecule has 1 aromatic carbocycles. The van der Waals surface area contributed by atoms with Crippen LogP contribution in [0.3, 0.4) is 0 Å². The van der Waals surface area contributed by atoms with Gasteiger partial charge in [-0.25, -0.2) is 9.78 Å². The number of carbonyl (C=O) groups is 1. The largest absolute Gasteiger partial charge is 0.444 e. The van der Waals surface area contributed by atoms with Gasteiger partial charge in [0.25, 0.3) is 0 Å². The summed E-state index contributed by atoms with van der Waals surface area (Å²) in [6, 6.07) is 7.48. The number of fused-ring (bicyclic) bond motifs is 1. The molecule has 1 amide bonds. The van der Waals surface area contributed by atoms with Crippen LogP contribution in [0.2, 0.25) is 0 Å². The van der Waals surface area contributed by atoms with E-state index in [1.807, 2.05) is 24.3 Å². The molecular formula is C22H26F3N3O2. The third kappa shape index (κ3) is 5.49. The van der Waals surface area contributed by atoms with Crippen LogP contribution in [-0.2, 0) is 24.1 Å². The highest BCUT2D eigenvalue weighted by atomic mass is 19.4. The number of hydrogen-bond acceptors (Lipinski definition) is 4. The van der Waals surface area contributed by atoms with Crippen molar-refractivity contribution >= 4 is 6.09 Å². The van der Waals surface area contributed by atoms with Crippen LogP contribution in [0.1, 0.15) is 49.8 Å². The number of nitrogens with one attached hydrogen (secondary N) is 1. The Bertz CT molecular complexity index is 919. The van der Waals surface area contributed by atoms with Crippen LogP contribution >= 0.6 is 0 Å². The van der Waals surface area contributed by atoms with Crippen LogP contribution in [0.5, 0.6) is 0 Å². The summed E-state index contributed by atoms with van der Waals surface area (Å²) in [6.07, 6.45) is -4.47. The average molecular weight is 421 g/mol. The number of hydrogen-bond donors (Lipinski definition) is 1. The van der Waals surface area contributed by atoms with Crippen LogP contribution in [0.4, 0.5) is 18.0 Å². The highest BCUT2D eigenvalue weighted by Crippen LogP contribution is 2.36. The molecule has 0 radical (unpaired) electrons. The van der Waals surface area contributed by atoms with Gasteiger partial charge in [0, 0.05) is 18.5 Å². The molecule has 1 atom stereocenters. The zero-order valence-corrected chi connectivity index (χ0v) is 17.6. The van der Waals surface area contributed by atoms with E-state index in [4.69, 9.17) is 4.74 Å². The fraction of sp³-hybridized carbons (Fsp3) is 0.500. The van der Waals surface area contributed by atoms with Gasteiger partial charge in [-0.3, -0.25) is 4.98 Å². The number of ether oxygens (including phenoxy) is 1. The van der Waals surface area contributed by atoms with Crippen molar-refractivity contribution in [3.8, 4) is 11.3 Å². The first-order valence-corrected chi connectivity index (χ1v) is 9.91. The van der Waals surface area contributed by atoms with E-state index < -0.39 is 23.8 Å². The van der Waals surface area contributed by atoms with Gasteiger partial charge in [-0.15, -0.1) is 0 Å². The molecule has 1 unspecified atom stereocenters. The smallest absolute Gasteiger partial charge is 0.407 e. The third-order valence-corrected chi connectivity index (χ3v) is 4.92. The maximum atomic E-state index is 13.0. The molecule has 0 saturated carbocycles. The molecule has 1 aliphatic carbocycles. The van der Waals surface area contributed by atoms with Crippen molar-refractivity contribution in [3.63, 3.8) is 0 Å². The molecule has 1 aliphatic rings. The predicted octanol–water partition coefficient (Wildman–Crippen LogP) is 5.14. The lowest BCUT2D eigenvalue weighted by Crippen LogP contribution is -2.32. The van der Waals surface area contributed by atoms with Gasteiger partial charge in [0.05, 0.1) is 28.7 Å². The summed E-state index contributed by atoms with van der Waals surface area (Å²) >= 11 is 0. The van der Waals surface area contributed by atoms with Crippen LogP contribution in [0, 0.1) is 12.8 Å². The molecule has 0 saturated heterocycles. The first kappa shape index (κ1) is 22.1. The van der Waals surface area contributed by atoms with E-state index in [0.717, 1.165) is 11.1 Å². The van der Waals surface area contributed by atoms with Crippen molar-refractivity contribution in [2.75, 3.05) is 0 Å². The topological polar surface area (TPSA) is 64.1 Å². The second-order valence-corrected chi connectivity index (χ2v) is 8.58. The van der Waals surface area contributed by atoms with Gasteiger partial charge in [0.15, 0.2) is 0 Å². The molecule has 5 nitrogen and oxygen atoms in total. The van der Waals surface area contributed by atoms with Crippen LogP contribution in [0.25, 0.3) is 11.3 Å². The van der Waals surface area contributed by atoms with E-state index in [1.165, 1.54) is 0 Å². The number of rotatable bonds is 3. The molecule has 0 spiro atoms. The molecule has 0 aliphatic heterocycles. The number of aromatic nitrogens is 2. The lowest BCUT2D eigenvalue weighted by Gasteiger charge is -2.26. The molecular weight excluding hydrogens is 395 g/mol. The minimum Gasteiger partial charge on any atom is -0.444 e. The zero-order valence-electron chi connectivity index (χ0n) is 17.6. The van der Waals surface area contributed by atoms with E-state index in [9.17, 15) is 18.0 Å². The number of nitrogens with zero attached hydrogens (tertiary/aromatic N) is 2. The van der Waals surface area contributed by atoms with E-state index in [2.05, 4.69) is 15.3 Å². The van der Waals surface area contributed by atoms with Crippen molar-refractivity contribution in [2.24, 2.45) is 5.92 Å². The Kier molecular flexibility index (Phi) is 6.06. The SMILES string of the molecule is Cc1nc2c(nc1-c1ccc(CNC(=O)OC(C)(C)C)cc1)CCC(C(F)(F)F)C2. The molecule has 2 aromatic rings. The van der Waals surface area contributed by atoms with Gasteiger partial charge in [0.2, 0.25) is 0 Å².